The molecule has 3 rings (SSSR count). The molecule has 1 aliphatic rings. The van der Waals surface area contributed by atoms with Gasteiger partial charge in [0.05, 0.1) is 6.54 Å². The van der Waals surface area contributed by atoms with E-state index in [-0.39, 0.29) is 12.5 Å². The lowest BCUT2D eigenvalue weighted by atomic mass is 10.2. The van der Waals surface area contributed by atoms with E-state index in [2.05, 4.69) is 27.7 Å². The molecule has 0 radical (unpaired) electrons. The molecule has 142 valence electrons. The summed E-state index contributed by atoms with van der Waals surface area (Å²) in [7, 11) is 0. The van der Waals surface area contributed by atoms with Crippen LogP contribution in [0.4, 0.5) is 16.2 Å². The molecule has 1 fully saturated rings. The van der Waals surface area contributed by atoms with Gasteiger partial charge in [0.15, 0.2) is 0 Å². The molecule has 7 heteroatoms. The van der Waals surface area contributed by atoms with E-state index in [1.54, 1.807) is 17.0 Å². The van der Waals surface area contributed by atoms with E-state index < -0.39 is 6.03 Å². The predicted octanol–water partition coefficient (Wildman–Crippen LogP) is 3.12. The third kappa shape index (κ3) is 5.14. The minimum atomic E-state index is -0.425. The Labute approximate surface area is 164 Å². The third-order valence-electron chi connectivity index (χ3n) is 4.58. The number of hydrogen-bond donors (Lipinski definition) is 2. The summed E-state index contributed by atoms with van der Waals surface area (Å²) in [6.07, 6.45) is 0. The molecule has 2 N–H and O–H groups in total. The fourth-order valence-electron chi connectivity index (χ4n) is 2.97. The second kappa shape index (κ2) is 8.77. The summed E-state index contributed by atoms with van der Waals surface area (Å²) >= 11 is 6.05. The van der Waals surface area contributed by atoms with Crippen LogP contribution in [0.2, 0.25) is 5.02 Å². The quantitative estimate of drug-likeness (QED) is 0.848. The number of aryl methyl sites for hydroxylation is 1. The van der Waals surface area contributed by atoms with E-state index in [0.29, 0.717) is 23.8 Å². The summed E-state index contributed by atoms with van der Waals surface area (Å²) < 4.78 is 0. The van der Waals surface area contributed by atoms with Crippen molar-refractivity contribution in [3.8, 4) is 0 Å². The van der Waals surface area contributed by atoms with Gasteiger partial charge < -0.3 is 20.4 Å². The summed E-state index contributed by atoms with van der Waals surface area (Å²) in [6.45, 7) is 4.71. The van der Waals surface area contributed by atoms with Gasteiger partial charge >= 0.3 is 6.03 Å². The fraction of sp³-hybridized carbons (Fsp3) is 0.300. The topological polar surface area (TPSA) is 64.7 Å². The van der Waals surface area contributed by atoms with Crippen molar-refractivity contribution in [1.29, 1.82) is 0 Å². The van der Waals surface area contributed by atoms with E-state index in [0.717, 1.165) is 18.7 Å². The van der Waals surface area contributed by atoms with Gasteiger partial charge in [-0.3, -0.25) is 4.79 Å². The van der Waals surface area contributed by atoms with Crippen LogP contribution in [0.5, 0.6) is 0 Å². The summed E-state index contributed by atoms with van der Waals surface area (Å²) in [6, 6.07) is 15.0. The lowest BCUT2D eigenvalue weighted by molar-refractivity contribution is -0.130. The van der Waals surface area contributed by atoms with E-state index in [9.17, 15) is 9.59 Å². The average Bonchev–Trinajstić information content (AvgIpc) is 2.70. The number of piperazine rings is 1. The first-order valence-corrected chi connectivity index (χ1v) is 9.29. The Morgan fingerprint density at radius 2 is 1.74 bits per heavy atom. The highest BCUT2D eigenvalue weighted by Crippen LogP contribution is 2.19. The normalized spacial score (nSPS) is 14.0. The van der Waals surface area contributed by atoms with Crippen LogP contribution in [0, 0.1) is 6.92 Å². The Hall–Kier alpha value is -2.73. The van der Waals surface area contributed by atoms with Gasteiger partial charge in [0, 0.05) is 42.6 Å². The number of anilines is 2. The summed E-state index contributed by atoms with van der Waals surface area (Å²) in [5.74, 6) is -0.0835. The number of rotatable bonds is 4. The number of benzene rings is 2. The molecule has 0 aromatic heterocycles. The molecular formula is C20H23ClN4O2. The highest BCUT2D eigenvalue weighted by molar-refractivity contribution is 6.31. The van der Waals surface area contributed by atoms with Crippen LogP contribution in [0.15, 0.2) is 48.5 Å². The Bertz CT molecular complexity index is 805. The SMILES string of the molecule is Cc1ccc(NC(=O)NCC(=O)N2CCN(c3ccccc3)CC2)cc1Cl. The maximum atomic E-state index is 12.3. The van der Waals surface area contributed by atoms with Crippen LogP contribution >= 0.6 is 11.6 Å². The minimum Gasteiger partial charge on any atom is -0.368 e. The first-order valence-electron chi connectivity index (χ1n) is 8.92. The zero-order valence-corrected chi connectivity index (χ0v) is 16.0. The van der Waals surface area contributed by atoms with Gasteiger partial charge in [-0.2, -0.15) is 0 Å². The van der Waals surface area contributed by atoms with Crippen LogP contribution in [-0.4, -0.2) is 49.6 Å². The maximum Gasteiger partial charge on any atom is 0.319 e. The Balaban J connectivity index is 1.43. The lowest BCUT2D eigenvalue weighted by Gasteiger charge is -2.36. The monoisotopic (exact) mass is 386 g/mol. The maximum absolute atomic E-state index is 12.3. The Morgan fingerprint density at radius 3 is 2.41 bits per heavy atom. The van der Waals surface area contributed by atoms with Gasteiger partial charge in [0.25, 0.3) is 0 Å². The Morgan fingerprint density at radius 1 is 1.04 bits per heavy atom. The molecule has 0 spiro atoms. The number of hydrogen-bond acceptors (Lipinski definition) is 3. The molecule has 27 heavy (non-hydrogen) atoms. The first-order chi connectivity index (χ1) is 13.0. The molecule has 1 saturated heterocycles. The van der Waals surface area contributed by atoms with Crippen molar-refractivity contribution in [2.75, 3.05) is 42.9 Å². The van der Waals surface area contributed by atoms with E-state index in [1.807, 2.05) is 31.2 Å². The zero-order valence-electron chi connectivity index (χ0n) is 15.2. The molecule has 6 nitrogen and oxygen atoms in total. The van der Waals surface area contributed by atoms with Crippen molar-refractivity contribution in [1.82, 2.24) is 10.2 Å². The number of amides is 3. The van der Waals surface area contributed by atoms with Crippen molar-refractivity contribution >= 4 is 34.9 Å². The number of carbonyl (C=O) groups is 2. The van der Waals surface area contributed by atoms with E-state index >= 15 is 0 Å². The summed E-state index contributed by atoms with van der Waals surface area (Å²) in [5, 5.41) is 5.87. The molecule has 0 atom stereocenters. The smallest absolute Gasteiger partial charge is 0.319 e. The molecule has 0 bridgehead atoms. The number of nitrogens with one attached hydrogen (secondary N) is 2. The molecule has 0 saturated carbocycles. The highest BCUT2D eigenvalue weighted by Gasteiger charge is 2.21. The van der Waals surface area contributed by atoms with E-state index in [4.69, 9.17) is 11.6 Å². The zero-order chi connectivity index (χ0) is 19.2. The van der Waals surface area contributed by atoms with Crippen LogP contribution in [0.3, 0.4) is 0 Å². The van der Waals surface area contributed by atoms with Gasteiger partial charge in [0.1, 0.15) is 0 Å². The number of urea groups is 1. The molecule has 2 aromatic rings. The Kier molecular flexibility index (Phi) is 6.19. The van der Waals surface area contributed by atoms with Crippen LogP contribution < -0.4 is 15.5 Å². The highest BCUT2D eigenvalue weighted by atomic mass is 35.5. The predicted molar refractivity (Wildman–Crippen MR) is 108 cm³/mol. The molecule has 1 heterocycles. The third-order valence-corrected chi connectivity index (χ3v) is 4.99. The standard InChI is InChI=1S/C20H23ClN4O2/c1-15-7-8-16(13-18(15)21)23-20(27)22-14-19(26)25-11-9-24(10-12-25)17-5-3-2-4-6-17/h2-8,13H,9-12,14H2,1H3,(H2,22,23,27). The van der Waals surface area contributed by atoms with Crippen LogP contribution in [0.1, 0.15) is 5.56 Å². The molecule has 1 aliphatic heterocycles. The lowest BCUT2D eigenvalue weighted by Crippen LogP contribution is -2.51. The van der Waals surface area contributed by atoms with Crippen molar-refractivity contribution < 1.29 is 9.59 Å². The van der Waals surface area contributed by atoms with Gasteiger partial charge in [-0.05, 0) is 36.8 Å². The minimum absolute atomic E-state index is 0.0310. The molecule has 0 aliphatic carbocycles. The molecule has 2 aromatic carbocycles. The first kappa shape index (κ1) is 19.0. The second-order valence-corrected chi connectivity index (χ2v) is 6.88. The number of nitrogens with zero attached hydrogens (tertiary/aromatic N) is 2. The number of halogens is 1. The second-order valence-electron chi connectivity index (χ2n) is 6.48. The fourth-order valence-corrected chi connectivity index (χ4v) is 3.15. The van der Waals surface area contributed by atoms with Crippen LogP contribution in [0.25, 0.3) is 0 Å². The molecular weight excluding hydrogens is 364 g/mol. The van der Waals surface area contributed by atoms with Crippen molar-refractivity contribution in [3.63, 3.8) is 0 Å². The largest absolute Gasteiger partial charge is 0.368 e. The number of para-hydroxylation sites is 1. The van der Waals surface area contributed by atoms with Gasteiger partial charge in [0.2, 0.25) is 5.91 Å². The molecule has 0 unspecified atom stereocenters. The van der Waals surface area contributed by atoms with Crippen molar-refractivity contribution in [3.05, 3.63) is 59.1 Å². The summed E-state index contributed by atoms with van der Waals surface area (Å²) in [5.41, 5.74) is 2.69. The van der Waals surface area contributed by atoms with Crippen LogP contribution in [-0.2, 0) is 4.79 Å². The van der Waals surface area contributed by atoms with E-state index in [1.165, 1.54) is 5.69 Å². The average molecular weight is 387 g/mol. The van der Waals surface area contributed by atoms with Gasteiger partial charge in [-0.15, -0.1) is 0 Å². The van der Waals surface area contributed by atoms with Crippen molar-refractivity contribution in [2.24, 2.45) is 0 Å². The molecule has 3 amide bonds. The number of carbonyl (C=O) groups excluding carboxylic acids is 2. The van der Waals surface area contributed by atoms with Crippen molar-refractivity contribution in [2.45, 2.75) is 6.92 Å². The van der Waals surface area contributed by atoms with Gasteiger partial charge in [-0.1, -0.05) is 35.9 Å². The summed E-state index contributed by atoms with van der Waals surface area (Å²) in [4.78, 5) is 28.4. The van der Waals surface area contributed by atoms with Gasteiger partial charge in [-0.25, -0.2) is 4.79 Å².